The molecule has 5 aromatic rings. The van der Waals surface area contributed by atoms with Crippen LogP contribution in [-0.2, 0) is 0 Å². The Labute approximate surface area is 245 Å². The maximum atomic E-state index is 4.57. The van der Waals surface area contributed by atoms with Crippen molar-refractivity contribution in [2.45, 2.75) is 26.7 Å². The van der Waals surface area contributed by atoms with Gasteiger partial charge in [0.2, 0.25) is 0 Å². The lowest BCUT2D eigenvalue weighted by atomic mass is 9.98. The molecule has 0 N–H and O–H groups in total. The van der Waals surface area contributed by atoms with Gasteiger partial charge >= 0.3 is 0 Å². The Hall–Kier alpha value is -5.50. The summed E-state index contributed by atoms with van der Waals surface area (Å²) in [6.07, 6.45) is 0. The highest BCUT2D eigenvalue weighted by Gasteiger charge is 2.11. The molecule has 42 heavy (non-hydrogen) atoms. The van der Waals surface area contributed by atoms with Crippen LogP contribution < -0.4 is 0 Å². The average Bonchev–Trinajstić information content (AvgIpc) is 3.03. The summed E-state index contributed by atoms with van der Waals surface area (Å²) in [6.45, 7) is 6.25. The maximum absolute atomic E-state index is 4.57. The molecule has 206 valence electrons. The summed E-state index contributed by atoms with van der Waals surface area (Å²) >= 11 is 0. The topological polar surface area (TPSA) is 98.9 Å². The maximum Gasteiger partial charge on any atom is 0.0895 e. The van der Waals surface area contributed by atoms with Gasteiger partial charge in [0.15, 0.2) is 0 Å². The van der Waals surface area contributed by atoms with E-state index in [0.29, 0.717) is 0 Å². The Morgan fingerprint density at radius 1 is 0.381 bits per heavy atom. The van der Waals surface area contributed by atoms with E-state index in [4.69, 9.17) is 0 Å². The van der Waals surface area contributed by atoms with E-state index >= 15 is 0 Å². The first-order valence-electron chi connectivity index (χ1n) is 13.7. The normalized spacial score (nSPS) is 12.0. The first-order chi connectivity index (χ1) is 20.5. The van der Waals surface area contributed by atoms with Crippen LogP contribution in [0.3, 0.4) is 0 Å². The molecule has 0 saturated heterocycles. The molecule has 0 spiro atoms. The monoisotopic (exact) mass is 550 g/mol. The summed E-state index contributed by atoms with van der Waals surface area (Å²) in [5.41, 5.74) is 8.17. The number of hydrogen-bond donors (Lipinski definition) is 0. The summed E-state index contributed by atoms with van der Waals surface area (Å²) in [6, 6.07) is 38.3. The molecule has 0 unspecified atom stereocenters. The second kappa shape index (κ2) is 13.7. The van der Waals surface area contributed by atoms with E-state index in [1.807, 2.05) is 128 Å². The summed E-state index contributed by atoms with van der Waals surface area (Å²) in [7, 11) is 0. The van der Waals surface area contributed by atoms with Gasteiger partial charge < -0.3 is 0 Å². The van der Waals surface area contributed by atoms with Crippen molar-refractivity contribution in [3.63, 3.8) is 0 Å². The summed E-state index contributed by atoms with van der Waals surface area (Å²) < 4.78 is 0. The Kier molecular flexibility index (Phi) is 9.16. The van der Waals surface area contributed by atoms with Gasteiger partial charge in [-0.25, -0.2) is 0 Å². The van der Waals surface area contributed by atoms with Crippen LogP contribution in [0.15, 0.2) is 162 Å². The molecule has 0 bridgehead atoms. The third-order valence-corrected chi connectivity index (χ3v) is 6.29. The molecule has 0 atom stereocenters. The van der Waals surface area contributed by atoms with Crippen LogP contribution in [0.4, 0.5) is 45.5 Å². The minimum absolute atomic E-state index is 0.225. The van der Waals surface area contributed by atoms with E-state index in [1.165, 1.54) is 0 Å². The van der Waals surface area contributed by atoms with E-state index in [0.717, 1.165) is 56.6 Å². The van der Waals surface area contributed by atoms with Gasteiger partial charge in [0.25, 0.3) is 0 Å². The lowest BCUT2D eigenvalue weighted by Gasteiger charge is -2.11. The van der Waals surface area contributed by atoms with Crippen molar-refractivity contribution < 1.29 is 0 Å². The Morgan fingerprint density at radius 3 is 1.10 bits per heavy atom. The lowest BCUT2D eigenvalue weighted by molar-refractivity contribution is 0.862. The van der Waals surface area contributed by atoms with Gasteiger partial charge in [0.1, 0.15) is 0 Å². The van der Waals surface area contributed by atoms with Crippen LogP contribution in [0, 0.1) is 6.92 Å². The van der Waals surface area contributed by atoms with E-state index < -0.39 is 0 Å². The van der Waals surface area contributed by atoms with Gasteiger partial charge in [0, 0.05) is 0 Å². The molecule has 0 heterocycles. The molecule has 0 aliphatic carbocycles. The molecular weight excluding hydrogens is 520 g/mol. The third kappa shape index (κ3) is 7.79. The van der Waals surface area contributed by atoms with Crippen molar-refractivity contribution in [2.24, 2.45) is 40.9 Å². The smallest absolute Gasteiger partial charge is 0.0895 e. The number of azo groups is 4. The van der Waals surface area contributed by atoms with Gasteiger partial charge in [-0.2, -0.15) is 40.9 Å². The highest BCUT2D eigenvalue weighted by atomic mass is 15.1. The van der Waals surface area contributed by atoms with Crippen molar-refractivity contribution in [1.82, 2.24) is 0 Å². The molecule has 0 aliphatic rings. The zero-order chi connectivity index (χ0) is 29.1. The minimum atomic E-state index is 0.225. The standard InChI is InChI=1S/C34H30N8/c1-24(2)32-23-33(41-39-30-18-14-28(15-19-30)37-35-26-10-6-4-7-11-26)25(3)22-34(32)42-40-31-20-16-29(17-21-31)38-36-27-12-8-5-9-13-27/h4-24H,1-3H3. The second-order valence-electron chi connectivity index (χ2n) is 9.86. The van der Waals surface area contributed by atoms with Gasteiger partial charge in [-0.05, 0) is 109 Å². The number of rotatable bonds is 9. The van der Waals surface area contributed by atoms with E-state index in [9.17, 15) is 0 Å². The quantitative estimate of drug-likeness (QED) is 0.163. The molecule has 0 fully saturated rings. The van der Waals surface area contributed by atoms with Gasteiger partial charge in [-0.3, -0.25) is 0 Å². The summed E-state index contributed by atoms with van der Waals surface area (Å²) in [5, 5.41) is 35.1. The highest BCUT2D eigenvalue weighted by Crippen LogP contribution is 2.36. The zero-order valence-electron chi connectivity index (χ0n) is 23.7. The molecule has 5 rings (SSSR count). The predicted molar refractivity (Wildman–Crippen MR) is 168 cm³/mol. The fourth-order valence-corrected chi connectivity index (χ4v) is 3.97. The Morgan fingerprint density at radius 2 is 0.714 bits per heavy atom. The average molecular weight is 551 g/mol. The summed E-state index contributed by atoms with van der Waals surface area (Å²) in [5.74, 6) is 0.225. The Bertz CT molecular complexity index is 1720. The molecule has 8 nitrogen and oxygen atoms in total. The number of nitrogens with zero attached hydrogens (tertiary/aromatic N) is 8. The molecule has 5 aromatic carbocycles. The molecule has 0 saturated carbocycles. The fraction of sp³-hybridized carbons (Fsp3) is 0.118. The lowest BCUT2D eigenvalue weighted by Crippen LogP contribution is -1.89. The van der Waals surface area contributed by atoms with Gasteiger partial charge in [0.05, 0.1) is 45.5 Å². The SMILES string of the molecule is Cc1cc(N=Nc2ccc(N=Nc3ccccc3)cc2)c(C(C)C)cc1N=Nc1ccc(N=Nc2ccccc2)cc1. The van der Waals surface area contributed by atoms with Crippen molar-refractivity contribution in [2.75, 3.05) is 0 Å². The summed E-state index contributed by atoms with van der Waals surface area (Å²) in [4.78, 5) is 0. The van der Waals surface area contributed by atoms with Crippen molar-refractivity contribution in [1.29, 1.82) is 0 Å². The van der Waals surface area contributed by atoms with Crippen LogP contribution in [0.5, 0.6) is 0 Å². The first-order valence-corrected chi connectivity index (χ1v) is 13.7. The molecule has 0 radical (unpaired) electrons. The van der Waals surface area contributed by atoms with E-state index in [1.54, 1.807) is 0 Å². The molecular formula is C34H30N8. The van der Waals surface area contributed by atoms with Crippen molar-refractivity contribution in [3.05, 3.63) is 132 Å². The van der Waals surface area contributed by atoms with Crippen LogP contribution in [0.25, 0.3) is 0 Å². The van der Waals surface area contributed by atoms with E-state index in [2.05, 4.69) is 54.8 Å². The van der Waals surface area contributed by atoms with Crippen LogP contribution in [-0.4, -0.2) is 0 Å². The molecule has 8 heteroatoms. The third-order valence-electron chi connectivity index (χ3n) is 6.29. The molecule has 0 amide bonds. The van der Waals surface area contributed by atoms with Gasteiger partial charge in [-0.15, -0.1) is 0 Å². The number of hydrogen-bond acceptors (Lipinski definition) is 8. The van der Waals surface area contributed by atoms with Crippen molar-refractivity contribution in [3.8, 4) is 0 Å². The second-order valence-corrected chi connectivity index (χ2v) is 9.86. The molecule has 0 aliphatic heterocycles. The highest BCUT2D eigenvalue weighted by molar-refractivity contribution is 5.60. The zero-order valence-corrected chi connectivity index (χ0v) is 23.7. The van der Waals surface area contributed by atoms with Crippen molar-refractivity contribution >= 4 is 45.5 Å². The fourth-order valence-electron chi connectivity index (χ4n) is 3.97. The van der Waals surface area contributed by atoms with Crippen LogP contribution in [0.2, 0.25) is 0 Å². The number of aryl methyl sites for hydroxylation is 1. The first kappa shape index (κ1) is 28.0. The largest absolute Gasteiger partial charge is 0.151 e. The van der Waals surface area contributed by atoms with Crippen LogP contribution in [0.1, 0.15) is 30.9 Å². The van der Waals surface area contributed by atoms with Gasteiger partial charge in [-0.1, -0.05) is 50.2 Å². The predicted octanol–water partition coefficient (Wildman–Crippen LogP) is 12.8. The Balaban J connectivity index is 1.27. The van der Waals surface area contributed by atoms with Crippen LogP contribution >= 0.6 is 0 Å². The van der Waals surface area contributed by atoms with E-state index in [-0.39, 0.29) is 5.92 Å². The number of benzene rings is 5. The minimum Gasteiger partial charge on any atom is -0.151 e. The molecule has 0 aromatic heterocycles.